The third-order valence-corrected chi connectivity index (χ3v) is 2.38. The summed E-state index contributed by atoms with van der Waals surface area (Å²) in [6.07, 6.45) is 3.10. The van der Waals surface area contributed by atoms with Gasteiger partial charge in [-0.1, -0.05) is 12.1 Å². The quantitative estimate of drug-likeness (QED) is 0.763. The van der Waals surface area contributed by atoms with Crippen LogP contribution in [0.2, 0.25) is 0 Å². The fourth-order valence-corrected chi connectivity index (χ4v) is 1.53. The normalized spacial score (nSPS) is 13.3. The summed E-state index contributed by atoms with van der Waals surface area (Å²) in [6, 6.07) is 0.156. The molecule has 16 heavy (non-hydrogen) atoms. The van der Waals surface area contributed by atoms with Crippen molar-refractivity contribution in [3.05, 3.63) is 11.9 Å². The smallest absolute Gasteiger partial charge is 0.0780 e. The van der Waals surface area contributed by atoms with Crippen molar-refractivity contribution in [1.29, 1.82) is 0 Å². The summed E-state index contributed by atoms with van der Waals surface area (Å²) in [4.78, 5) is 0. The van der Waals surface area contributed by atoms with Gasteiger partial charge in [-0.25, -0.2) is 4.68 Å². The number of likely N-dealkylation sites (N-methyl/N-ethyl adjacent to an activating group) is 1. The predicted molar refractivity (Wildman–Crippen MR) is 63.2 cm³/mol. The molecule has 1 aromatic rings. The van der Waals surface area contributed by atoms with E-state index in [-0.39, 0.29) is 12.1 Å². The molecule has 0 aliphatic rings. The minimum atomic E-state index is 0.156. The van der Waals surface area contributed by atoms with Gasteiger partial charge in [-0.2, -0.15) is 0 Å². The highest BCUT2D eigenvalue weighted by atomic mass is 16.5. The van der Waals surface area contributed by atoms with Crippen LogP contribution in [0.4, 0.5) is 0 Å². The molecule has 0 aliphatic heterocycles. The molecular weight excluding hydrogens is 204 g/mol. The number of hydrogen-bond donors (Lipinski definition) is 1. The summed E-state index contributed by atoms with van der Waals surface area (Å²) in [5, 5.41) is 11.3. The largest absolute Gasteiger partial charge is 0.377 e. The van der Waals surface area contributed by atoms with Gasteiger partial charge in [0, 0.05) is 6.54 Å². The Bertz CT molecular complexity index is 298. The van der Waals surface area contributed by atoms with Crippen LogP contribution in [0.25, 0.3) is 0 Å². The van der Waals surface area contributed by atoms with E-state index in [1.54, 1.807) is 6.20 Å². The average Bonchev–Trinajstić information content (AvgIpc) is 2.68. The first-order valence-electron chi connectivity index (χ1n) is 5.86. The number of rotatable bonds is 7. The van der Waals surface area contributed by atoms with E-state index >= 15 is 0 Å². The maximum Gasteiger partial charge on any atom is 0.0780 e. The summed E-state index contributed by atoms with van der Waals surface area (Å²) >= 11 is 0. The van der Waals surface area contributed by atoms with Crippen LogP contribution in [0.1, 0.15) is 38.9 Å². The van der Waals surface area contributed by atoms with Gasteiger partial charge in [0.05, 0.1) is 30.6 Å². The highest BCUT2D eigenvalue weighted by molar-refractivity contribution is 5.02. The molecule has 0 aliphatic carbocycles. The molecule has 0 spiro atoms. The van der Waals surface area contributed by atoms with Crippen LogP contribution in [0.5, 0.6) is 0 Å². The maximum absolute atomic E-state index is 5.62. The Morgan fingerprint density at radius 1 is 1.50 bits per heavy atom. The number of aromatic nitrogens is 3. The standard InChI is InChI=1S/C11H22N4O/c1-5-6-15-11(7-13-14-15)10(12-4)8-16-9(2)3/h7,9-10,12H,5-6,8H2,1-4H3. The summed E-state index contributed by atoms with van der Waals surface area (Å²) in [7, 11) is 1.93. The molecule has 1 aromatic heterocycles. The number of hydrogen-bond acceptors (Lipinski definition) is 4. The monoisotopic (exact) mass is 226 g/mol. The van der Waals surface area contributed by atoms with Crippen LogP contribution in [0.15, 0.2) is 6.20 Å². The van der Waals surface area contributed by atoms with Gasteiger partial charge >= 0.3 is 0 Å². The lowest BCUT2D eigenvalue weighted by atomic mass is 10.2. The molecule has 1 N–H and O–H groups in total. The third kappa shape index (κ3) is 3.57. The Kier molecular flexibility index (Phi) is 5.42. The number of ether oxygens (including phenoxy) is 1. The zero-order chi connectivity index (χ0) is 12.0. The number of nitrogens with zero attached hydrogens (tertiary/aromatic N) is 3. The van der Waals surface area contributed by atoms with Crippen LogP contribution >= 0.6 is 0 Å². The zero-order valence-corrected chi connectivity index (χ0v) is 10.6. The Morgan fingerprint density at radius 3 is 2.81 bits per heavy atom. The van der Waals surface area contributed by atoms with Crippen molar-refractivity contribution in [2.45, 2.75) is 45.9 Å². The molecule has 1 unspecified atom stereocenters. The molecule has 1 rings (SSSR count). The van der Waals surface area contributed by atoms with Crippen molar-refractivity contribution < 1.29 is 4.74 Å². The van der Waals surface area contributed by atoms with E-state index in [2.05, 4.69) is 22.6 Å². The van der Waals surface area contributed by atoms with E-state index in [1.807, 2.05) is 25.6 Å². The molecule has 1 heterocycles. The molecule has 92 valence electrons. The average molecular weight is 226 g/mol. The molecule has 0 amide bonds. The lowest BCUT2D eigenvalue weighted by Gasteiger charge is -2.18. The van der Waals surface area contributed by atoms with Gasteiger partial charge in [0.1, 0.15) is 0 Å². The Hall–Kier alpha value is -0.940. The Labute approximate surface area is 97.2 Å². The summed E-state index contributed by atoms with van der Waals surface area (Å²) < 4.78 is 7.56. The van der Waals surface area contributed by atoms with Crippen molar-refractivity contribution in [3.8, 4) is 0 Å². The van der Waals surface area contributed by atoms with E-state index < -0.39 is 0 Å². The van der Waals surface area contributed by atoms with Gasteiger partial charge in [-0.05, 0) is 27.3 Å². The van der Waals surface area contributed by atoms with E-state index in [4.69, 9.17) is 4.74 Å². The van der Waals surface area contributed by atoms with Crippen molar-refractivity contribution in [1.82, 2.24) is 20.3 Å². The second-order valence-electron chi connectivity index (χ2n) is 4.11. The topological polar surface area (TPSA) is 52.0 Å². The SMILES string of the molecule is CCCn1nncc1C(COC(C)C)NC. The van der Waals surface area contributed by atoms with Crippen molar-refractivity contribution in [3.63, 3.8) is 0 Å². The van der Waals surface area contributed by atoms with E-state index in [0.29, 0.717) is 6.61 Å². The van der Waals surface area contributed by atoms with Crippen LogP contribution in [-0.2, 0) is 11.3 Å². The van der Waals surface area contributed by atoms with Gasteiger partial charge in [-0.15, -0.1) is 5.10 Å². The summed E-state index contributed by atoms with van der Waals surface area (Å²) in [6.45, 7) is 7.74. The molecule has 5 nitrogen and oxygen atoms in total. The minimum absolute atomic E-state index is 0.156. The van der Waals surface area contributed by atoms with Gasteiger partial charge in [0.2, 0.25) is 0 Å². The molecular formula is C11H22N4O. The van der Waals surface area contributed by atoms with Crippen molar-refractivity contribution >= 4 is 0 Å². The lowest BCUT2D eigenvalue weighted by molar-refractivity contribution is 0.0609. The molecule has 0 fully saturated rings. The van der Waals surface area contributed by atoms with E-state index in [0.717, 1.165) is 18.7 Å². The van der Waals surface area contributed by atoms with Gasteiger partial charge < -0.3 is 10.1 Å². The first-order chi connectivity index (χ1) is 7.69. The predicted octanol–water partition coefficient (Wildman–Crippen LogP) is 1.37. The van der Waals surface area contributed by atoms with E-state index in [1.165, 1.54) is 0 Å². The van der Waals surface area contributed by atoms with Crippen molar-refractivity contribution in [2.75, 3.05) is 13.7 Å². The lowest BCUT2D eigenvalue weighted by Crippen LogP contribution is -2.26. The first kappa shape index (κ1) is 13.1. The molecule has 5 heteroatoms. The van der Waals surface area contributed by atoms with Crippen LogP contribution in [-0.4, -0.2) is 34.8 Å². The second-order valence-corrected chi connectivity index (χ2v) is 4.11. The van der Waals surface area contributed by atoms with Gasteiger partial charge in [0.25, 0.3) is 0 Å². The van der Waals surface area contributed by atoms with Gasteiger partial charge in [0.15, 0.2) is 0 Å². The third-order valence-electron chi connectivity index (χ3n) is 2.38. The second kappa shape index (κ2) is 6.60. The Morgan fingerprint density at radius 2 is 2.25 bits per heavy atom. The van der Waals surface area contributed by atoms with Gasteiger partial charge in [-0.3, -0.25) is 0 Å². The zero-order valence-electron chi connectivity index (χ0n) is 10.6. The fourth-order valence-electron chi connectivity index (χ4n) is 1.53. The maximum atomic E-state index is 5.62. The minimum Gasteiger partial charge on any atom is -0.377 e. The molecule has 0 radical (unpaired) electrons. The molecule has 0 saturated carbocycles. The van der Waals surface area contributed by atoms with E-state index in [9.17, 15) is 0 Å². The summed E-state index contributed by atoms with van der Waals surface area (Å²) in [5.74, 6) is 0. The highest BCUT2D eigenvalue weighted by Crippen LogP contribution is 2.12. The highest BCUT2D eigenvalue weighted by Gasteiger charge is 2.15. The molecule has 0 aromatic carbocycles. The number of aryl methyl sites for hydroxylation is 1. The Balaban J connectivity index is 2.66. The van der Waals surface area contributed by atoms with Crippen molar-refractivity contribution in [2.24, 2.45) is 0 Å². The molecule has 1 atom stereocenters. The van der Waals surface area contributed by atoms with Crippen LogP contribution in [0.3, 0.4) is 0 Å². The van der Waals surface area contributed by atoms with Crippen LogP contribution < -0.4 is 5.32 Å². The fraction of sp³-hybridized carbons (Fsp3) is 0.818. The number of nitrogens with one attached hydrogen (secondary N) is 1. The molecule has 0 bridgehead atoms. The first-order valence-corrected chi connectivity index (χ1v) is 5.86. The van der Waals surface area contributed by atoms with Crippen LogP contribution in [0, 0.1) is 0 Å². The summed E-state index contributed by atoms with van der Waals surface area (Å²) in [5.41, 5.74) is 1.09. The molecule has 0 saturated heterocycles.